The Balaban J connectivity index is 2.68. The summed E-state index contributed by atoms with van der Waals surface area (Å²) in [6, 6.07) is 0. The average molecular weight is 218 g/mol. The van der Waals surface area contributed by atoms with E-state index in [0.29, 0.717) is 19.4 Å². The Kier molecular flexibility index (Phi) is 5.49. The van der Waals surface area contributed by atoms with Gasteiger partial charge in [0, 0.05) is 44.9 Å². The van der Waals surface area contributed by atoms with Crippen LogP contribution in [-0.2, 0) is 0 Å². The van der Waals surface area contributed by atoms with Gasteiger partial charge in [-0.2, -0.15) is 0 Å². The lowest BCUT2D eigenvalue weighted by Gasteiger charge is -2.47. The number of aliphatic hydroxyl groups is 3. The molecule has 0 aromatic rings. The molecule has 0 radical (unpaired) electrons. The third kappa shape index (κ3) is 3.12. The summed E-state index contributed by atoms with van der Waals surface area (Å²) >= 11 is 0. The average Bonchev–Trinajstić information content (AvgIpc) is 2.23. The zero-order chi connectivity index (χ0) is 11.1. The van der Waals surface area contributed by atoms with Crippen LogP contribution in [0.1, 0.15) is 12.8 Å². The Morgan fingerprint density at radius 2 is 1.73 bits per heavy atom. The monoisotopic (exact) mass is 218 g/mol. The number of rotatable bonds is 6. The smallest absolute Gasteiger partial charge is 0.0558 e. The van der Waals surface area contributed by atoms with E-state index >= 15 is 0 Å². The van der Waals surface area contributed by atoms with Crippen molar-refractivity contribution in [2.75, 3.05) is 46.0 Å². The number of β-amino-alcohol motifs (C(OH)–C–C–N with tert-alkyl or cyclic N) is 1. The molecular formula is C10H22N2O3. The third-order valence-corrected chi connectivity index (χ3v) is 3.21. The van der Waals surface area contributed by atoms with Gasteiger partial charge in [0.1, 0.15) is 0 Å². The predicted molar refractivity (Wildman–Crippen MR) is 57.7 cm³/mol. The van der Waals surface area contributed by atoms with Crippen LogP contribution in [0.2, 0.25) is 0 Å². The van der Waals surface area contributed by atoms with Gasteiger partial charge in [0.25, 0.3) is 0 Å². The van der Waals surface area contributed by atoms with Crippen molar-refractivity contribution in [2.24, 2.45) is 0 Å². The lowest BCUT2D eigenvalue weighted by atomic mass is 9.87. The number of piperazine rings is 1. The van der Waals surface area contributed by atoms with Gasteiger partial charge < -0.3 is 20.6 Å². The first-order valence-electron chi connectivity index (χ1n) is 5.57. The maximum atomic E-state index is 9.10. The quantitative estimate of drug-likeness (QED) is 0.431. The summed E-state index contributed by atoms with van der Waals surface area (Å²) < 4.78 is 0. The molecule has 1 aliphatic rings. The standard InChI is InChI=1S/C10H22N2O3/c13-6-1-10(2-7-14)9-11-3-4-12(10)5-8-15/h11,13-15H,1-9H2. The van der Waals surface area contributed by atoms with E-state index in [1.807, 2.05) is 0 Å². The fourth-order valence-corrected chi connectivity index (χ4v) is 2.39. The van der Waals surface area contributed by atoms with Crippen LogP contribution >= 0.6 is 0 Å². The van der Waals surface area contributed by atoms with Crippen LogP contribution in [0.5, 0.6) is 0 Å². The zero-order valence-electron chi connectivity index (χ0n) is 9.15. The van der Waals surface area contributed by atoms with E-state index in [-0.39, 0.29) is 25.4 Å². The Morgan fingerprint density at radius 1 is 1.07 bits per heavy atom. The van der Waals surface area contributed by atoms with Crippen molar-refractivity contribution < 1.29 is 15.3 Å². The van der Waals surface area contributed by atoms with E-state index in [4.69, 9.17) is 15.3 Å². The summed E-state index contributed by atoms with van der Waals surface area (Å²) in [5.41, 5.74) is -0.190. The zero-order valence-corrected chi connectivity index (χ0v) is 9.15. The van der Waals surface area contributed by atoms with Crippen molar-refractivity contribution in [1.29, 1.82) is 0 Å². The summed E-state index contributed by atoms with van der Waals surface area (Å²) in [7, 11) is 0. The van der Waals surface area contributed by atoms with Crippen LogP contribution in [0.3, 0.4) is 0 Å². The second-order valence-electron chi connectivity index (χ2n) is 4.06. The molecule has 1 aliphatic heterocycles. The van der Waals surface area contributed by atoms with Crippen molar-refractivity contribution in [3.63, 3.8) is 0 Å². The first-order valence-corrected chi connectivity index (χ1v) is 5.57. The summed E-state index contributed by atoms with van der Waals surface area (Å²) in [6.07, 6.45) is 1.28. The molecule has 1 fully saturated rings. The van der Waals surface area contributed by atoms with Crippen LogP contribution in [0.25, 0.3) is 0 Å². The number of hydrogen-bond donors (Lipinski definition) is 4. The summed E-state index contributed by atoms with van der Waals surface area (Å²) in [4.78, 5) is 2.18. The Hall–Kier alpha value is -0.200. The molecule has 0 saturated carbocycles. The molecule has 0 spiro atoms. The lowest BCUT2D eigenvalue weighted by Crippen LogP contribution is -2.62. The molecular weight excluding hydrogens is 196 g/mol. The van der Waals surface area contributed by atoms with Gasteiger partial charge in [-0.25, -0.2) is 0 Å². The summed E-state index contributed by atoms with van der Waals surface area (Å²) in [5.74, 6) is 0. The minimum Gasteiger partial charge on any atom is -0.396 e. The second-order valence-corrected chi connectivity index (χ2v) is 4.06. The van der Waals surface area contributed by atoms with Gasteiger partial charge in [-0.3, -0.25) is 4.90 Å². The molecule has 0 amide bonds. The topological polar surface area (TPSA) is 76.0 Å². The molecule has 0 unspecified atom stereocenters. The van der Waals surface area contributed by atoms with Crippen molar-refractivity contribution in [3.05, 3.63) is 0 Å². The van der Waals surface area contributed by atoms with Crippen molar-refractivity contribution in [3.8, 4) is 0 Å². The van der Waals surface area contributed by atoms with Crippen molar-refractivity contribution in [1.82, 2.24) is 10.2 Å². The molecule has 0 aromatic carbocycles. The first-order chi connectivity index (χ1) is 7.29. The number of nitrogens with one attached hydrogen (secondary N) is 1. The van der Waals surface area contributed by atoms with Crippen LogP contribution in [0, 0.1) is 0 Å². The number of nitrogens with zero attached hydrogens (tertiary/aromatic N) is 1. The molecule has 5 heteroatoms. The van der Waals surface area contributed by atoms with Gasteiger partial charge in [-0.15, -0.1) is 0 Å². The first kappa shape index (κ1) is 12.9. The van der Waals surface area contributed by atoms with Gasteiger partial charge >= 0.3 is 0 Å². The molecule has 4 N–H and O–H groups in total. The van der Waals surface area contributed by atoms with Crippen molar-refractivity contribution in [2.45, 2.75) is 18.4 Å². The van der Waals surface area contributed by atoms with E-state index in [1.165, 1.54) is 0 Å². The highest BCUT2D eigenvalue weighted by atomic mass is 16.3. The fourth-order valence-electron chi connectivity index (χ4n) is 2.39. The largest absolute Gasteiger partial charge is 0.396 e. The highest BCUT2D eigenvalue weighted by molar-refractivity contribution is 4.95. The van der Waals surface area contributed by atoms with Gasteiger partial charge in [0.15, 0.2) is 0 Å². The third-order valence-electron chi connectivity index (χ3n) is 3.21. The summed E-state index contributed by atoms with van der Waals surface area (Å²) in [6.45, 7) is 3.50. The molecule has 0 aromatic heterocycles. The van der Waals surface area contributed by atoms with E-state index in [2.05, 4.69) is 10.2 Å². The molecule has 1 rings (SSSR count). The minimum absolute atomic E-state index is 0.115. The van der Waals surface area contributed by atoms with Gasteiger partial charge in [-0.05, 0) is 12.8 Å². The maximum Gasteiger partial charge on any atom is 0.0558 e. The maximum absolute atomic E-state index is 9.10. The van der Waals surface area contributed by atoms with Crippen LogP contribution in [0.4, 0.5) is 0 Å². The molecule has 0 atom stereocenters. The Bertz CT molecular complexity index is 165. The lowest BCUT2D eigenvalue weighted by molar-refractivity contribution is 0.00740. The molecule has 15 heavy (non-hydrogen) atoms. The molecule has 5 nitrogen and oxygen atoms in total. The van der Waals surface area contributed by atoms with Gasteiger partial charge in [-0.1, -0.05) is 0 Å². The highest BCUT2D eigenvalue weighted by Crippen LogP contribution is 2.25. The SMILES string of the molecule is OCCN1CCNCC1(CCO)CCO. The Morgan fingerprint density at radius 3 is 2.27 bits per heavy atom. The molecule has 90 valence electrons. The molecule has 1 heterocycles. The summed E-state index contributed by atoms with van der Waals surface area (Å²) in [5, 5.41) is 30.5. The van der Waals surface area contributed by atoms with Crippen molar-refractivity contribution >= 4 is 0 Å². The highest BCUT2D eigenvalue weighted by Gasteiger charge is 2.37. The van der Waals surface area contributed by atoms with Gasteiger partial charge in [0.05, 0.1) is 6.61 Å². The fraction of sp³-hybridized carbons (Fsp3) is 1.00. The minimum atomic E-state index is -0.190. The predicted octanol–water partition coefficient (Wildman–Crippen LogP) is -1.61. The Labute approximate surface area is 90.7 Å². The van der Waals surface area contributed by atoms with Crippen LogP contribution in [0.15, 0.2) is 0 Å². The molecule has 0 aliphatic carbocycles. The van der Waals surface area contributed by atoms with Crippen LogP contribution in [-0.4, -0.2) is 71.8 Å². The van der Waals surface area contributed by atoms with E-state index in [1.54, 1.807) is 0 Å². The molecule has 0 bridgehead atoms. The number of hydrogen-bond acceptors (Lipinski definition) is 5. The van der Waals surface area contributed by atoms with E-state index in [0.717, 1.165) is 19.6 Å². The normalized spacial score (nSPS) is 21.8. The molecule has 1 saturated heterocycles. The van der Waals surface area contributed by atoms with Gasteiger partial charge in [0.2, 0.25) is 0 Å². The second kappa shape index (κ2) is 6.40. The van der Waals surface area contributed by atoms with E-state index < -0.39 is 0 Å². The number of aliphatic hydroxyl groups excluding tert-OH is 3. The van der Waals surface area contributed by atoms with Crippen LogP contribution < -0.4 is 5.32 Å². The van der Waals surface area contributed by atoms with E-state index in [9.17, 15) is 0 Å².